The first-order valence-electron chi connectivity index (χ1n) is 9.15. The lowest BCUT2D eigenvalue weighted by Gasteiger charge is -2.38. The van der Waals surface area contributed by atoms with Gasteiger partial charge in [0.2, 0.25) is 0 Å². The molecule has 6 heteroatoms. The van der Waals surface area contributed by atoms with E-state index in [4.69, 9.17) is 4.74 Å². The van der Waals surface area contributed by atoms with Crippen molar-refractivity contribution in [2.45, 2.75) is 38.8 Å². The lowest BCUT2D eigenvalue weighted by Crippen LogP contribution is -2.50. The lowest BCUT2D eigenvalue weighted by molar-refractivity contribution is -0.0114. The molecule has 2 saturated heterocycles. The highest BCUT2D eigenvalue weighted by Gasteiger charge is 2.46. The molecular weight excluding hydrogens is 330 g/mol. The van der Waals surface area contributed by atoms with Gasteiger partial charge in [-0.05, 0) is 56.3 Å². The van der Waals surface area contributed by atoms with E-state index < -0.39 is 5.60 Å². The number of likely N-dealkylation sites (tertiary alicyclic amines) is 1. The number of nitrogens with zero attached hydrogens (tertiary/aromatic N) is 2. The van der Waals surface area contributed by atoms with Gasteiger partial charge >= 0.3 is 6.09 Å². The molecule has 1 amide bonds. The summed E-state index contributed by atoms with van der Waals surface area (Å²) in [5.74, 6) is 0. The smallest absolute Gasteiger partial charge is 0.410 e. The van der Waals surface area contributed by atoms with Crippen LogP contribution in [0.2, 0.25) is 0 Å². The number of rotatable bonds is 2. The van der Waals surface area contributed by atoms with Crippen LogP contribution >= 0.6 is 0 Å². The van der Waals surface area contributed by atoms with E-state index in [-0.39, 0.29) is 11.7 Å². The van der Waals surface area contributed by atoms with E-state index in [1.165, 1.54) is 5.56 Å². The van der Waals surface area contributed by atoms with Crippen LogP contribution in [0.1, 0.15) is 29.5 Å². The zero-order valence-corrected chi connectivity index (χ0v) is 15.6. The first kappa shape index (κ1) is 17.1. The Morgan fingerprint density at radius 1 is 1.19 bits per heavy atom. The van der Waals surface area contributed by atoms with Crippen molar-refractivity contribution in [1.29, 1.82) is 0 Å². The summed E-state index contributed by atoms with van der Waals surface area (Å²) in [6.45, 7) is 6.86. The Morgan fingerprint density at radius 3 is 2.73 bits per heavy atom. The third kappa shape index (κ3) is 2.98. The van der Waals surface area contributed by atoms with Gasteiger partial charge in [-0.3, -0.25) is 9.69 Å². The second-order valence-corrected chi connectivity index (χ2v) is 7.89. The molecule has 6 nitrogen and oxygen atoms in total. The number of hydrogen-bond acceptors (Lipinski definition) is 4. The van der Waals surface area contributed by atoms with Crippen LogP contribution in [0.15, 0.2) is 23.0 Å². The first-order valence-corrected chi connectivity index (χ1v) is 9.15. The summed E-state index contributed by atoms with van der Waals surface area (Å²) in [6, 6.07) is 6.19. The summed E-state index contributed by atoms with van der Waals surface area (Å²) < 4.78 is 5.66. The van der Waals surface area contributed by atoms with Crippen LogP contribution in [0.5, 0.6) is 0 Å². The van der Waals surface area contributed by atoms with E-state index in [2.05, 4.69) is 28.9 Å². The lowest BCUT2D eigenvalue weighted by atomic mass is 9.92. The fraction of sp³-hybridized carbons (Fsp3) is 0.500. The highest BCUT2D eigenvalue weighted by atomic mass is 16.6. The van der Waals surface area contributed by atoms with Crippen molar-refractivity contribution in [2.24, 2.45) is 0 Å². The molecule has 26 heavy (non-hydrogen) atoms. The van der Waals surface area contributed by atoms with Crippen LogP contribution < -0.4 is 5.56 Å². The predicted octanol–water partition coefficient (Wildman–Crippen LogP) is 2.56. The van der Waals surface area contributed by atoms with E-state index >= 15 is 0 Å². The Kier molecular flexibility index (Phi) is 4.03. The molecule has 1 aromatic heterocycles. The third-order valence-electron chi connectivity index (χ3n) is 5.52. The molecule has 1 aromatic carbocycles. The number of amides is 1. The summed E-state index contributed by atoms with van der Waals surface area (Å²) in [6.07, 6.45) is 1.60. The molecule has 0 saturated carbocycles. The molecule has 0 unspecified atom stereocenters. The summed E-state index contributed by atoms with van der Waals surface area (Å²) in [4.78, 5) is 31.3. The Bertz CT molecular complexity index is 936. The van der Waals surface area contributed by atoms with Crippen LogP contribution in [0.3, 0.4) is 0 Å². The van der Waals surface area contributed by atoms with Gasteiger partial charge < -0.3 is 14.6 Å². The summed E-state index contributed by atoms with van der Waals surface area (Å²) in [5.41, 5.74) is 3.47. The number of piperidine rings is 1. The van der Waals surface area contributed by atoms with Gasteiger partial charge in [-0.25, -0.2) is 4.79 Å². The van der Waals surface area contributed by atoms with Gasteiger partial charge in [0.1, 0.15) is 5.60 Å². The van der Waals surface area contributed by atoms with Crippen LogP contribution in [-0.4, -0.2) is 53.2 Å². The van der Waals surface area contributed by atoms with Crippen molar-refractivity contribution in [2.75, 3.05) is 26.7 Å². The second-order valence-electron chi connectivity index (χ2n) is 7.89. The molecule has 2 aliphatic heterocycles. The molecule has 1 N–H and O–H groups in total. The second kappa shape index (κ2) is 6.13. The molecule has 4 rings (SSSR count). The average molecular weight is 355 g/mol. The third-order valence-corrected chi connectivity index (χ3v) is 5.52. The molecule has 0 radical (unpaired) electrons. The van der Waals surface area contributed by atoms with Gasteiger partial charge in [0.15, 0.2) is 0 Å². The quantitative estimate of drug-likeness (QED) is 0.899. The zero-order chi connectivity index (χ0) is 18.5. The van der Waals surface area contributed by atoms with Crippen molar-refractivity contribution in [3.63, 3.8) is 0 Å². The Morgan fingerprint density at radius 2 is 2.00 bits per heavy atom. The SMILES string of the molecule is Cc1cc(C)c2[nH]c(=O)c(CN3CCC[C@]4(C3)CN(C)C(=O)O4)cc2c1. The number of hydrogen-bond donors (Lipinski definition) is 1. The fourth-order valence-electron chi connectivity index (χ4n) is 4.42. The first-order chi connectivity index (χ1) is 12.3. The molecule has 2 aromatic rings. The summed E-state index contributed by atoms with van der Waals surface area (Å²) in [5, 5.41) is 1.07. The van der Waals surface area contributed by atoms with Gasteiger partial charge in [0.05, 0.1) is 12.1 Å². The van der Waals surface area contributed by atoms with Gasteiger partial charge in [-0.15, -0.1) is 0 Å². The van der Waals surface area contributed by atoms with E-state index in [9.17, 15) is 9.59 Å². The number of aromatic nitrogens is 1. The number of ether oxygens (including phenoxy) is 1. The van der Waals surface area contributed by atoms with Crippen LogP contribution in [0, 0.1) is 13.8 Å². The maximum absolute atomic E-state index is 12.6. The van der Waals surface area contributed by atoms with Gasteiger partial charge in [-0.1, -0.05) is 11.6 Å². The van der Waals surface area contributed by atoms with Crippen LogP contribution in [-0.2, 0) is 11.3 Å². The minimum atomic E-state index is -0.430. The number of fused-ring (bicyclic) bond motifs is 1. The summed E-state index contributed by atoms with van der Waals surface area (Å²) >= 11 is 0. The molecule has 2 fully saturated rings. The highest BCUT2D eigenvalue weighted by Crippen LogP contribution is 2.32. The van der Waals surface area contributed by atoms with Crippen molar-refractivity contribution >= 4 is 17.0 Å². The topological polar surface area (TPSA) is 65.6 Å². The van der Waals surface area contributed by atoms with Crippen LogP contribution in [0.25, 0.3) is 10.9 Å². The average Bonchev–Trinajstić information content (AvgIpc) is 2.82. The Labute approximate surface area is 152 Å². The number of aromatic amines is 1. The van der Waals surface area contributed by atoms with Crippen molar-refractivity contribution < 1.29 is 9.53 Å². The fourth-order valence-corrected chi connectivity index (χ4v) is 4.42. The molecule has 3 heterocycles. The van der Waals surface area contributed by atoms with Crippen molar-refractivity contribution in [3.8, 4) is 0 Å². The van der Waals surface area contributed by atoms with Gasteiger partial charge in [-0.2, -0.15) is 0 Å². The van der Waals surface area contributed by atoms with Crippen LogP contribution in [0.4, 0.5) is 4.79 Å². The van der Waals surface area contributed by atoms with E-state index in [1.807, 2.05) is 13.0 Å². The largest absolute Gasteiger partial charge is 0.440 e. The minimum absolute atomic E-state index is 0.0374. The number of aryl methyl sites for hydroxylation is 2. The van der Waals surface area contributed by atoms with E-state index in [0.717, 1.165) is 41.4 Å². The number of benzene rings is 1. The van der Waals surface area contributed by atoms with E-state index in [1.54, 1.807) is 11.9 Å². The zero-order valence-electron chi connectivity index (χ0n) is 15.6. The van der Waals surface area contributed by atoms with Crippen molar-refractivity contribution in [3.05, 3.63) is 45.2 Å². The molecule has 1 spiro atoms. The summed E-state index contributed by atoms with van der Waals surface area (Å²) in [7, 11) is 1.77. The maximum atomic E-state index is 12.6. The molecular formula is C20H25N3O3. The minimum Gasteiger partial charge on any atom is -0.440 e. The normalized spacial score (nSPS) is 23.8. The number of carbonyl (C=O) groups excluding carboxylic acids is 1. The Balaban J connectivity index is 1.60. The molecule has 2 aliphatic rings. The predicted molar refractivity (Wildman–Crippen MR) is 100 cm³/mol. The highest BCUT2D eigenvalue weighted by molar-refractivity contribution is 5.82. The van der Waals surface area contributed by atoms with Gasteiger partial charge in [0.25, 0.3) is 5.56 Å². The molecule has 138 valence electrons. The number of carbonyl (C=O) groups is 1. The standard InChI is InChI=1S/C20H25N3O3/c1-13-7-14(2)17-15(8-13)9-16(18(24)21-17)10-23-6-4-5-20(12-23)11-22(3)19(25)26-20/h7-9H,4-6,10-12H2,1-3H3,(H,21,24)/t20-/m1/s1. The Hall–Kier alpha value is -2.34. The number of pyridine rings is 1. The van der Waals surface area contributed by atoms with Crippen molar-refractivity contribution in [1.82, 2.24) is 14.8 Å². The van der Waals surface area contributed by atoms with E-state index in [0.29, 0.717) is 19.6 Å². The molecule has 1 atom stereocenters. The maximum Gasteiger partial charge on any atom is 0.410 e. The number of likely N-dealkylation sites (N-methyl/N-ethyl adjacent to an activating group) is 1. The number of H-pyrrole nitrogens is 1. The molecule has 0 aliphatic carbocycles. The number of nitrogens with one attached hydrogen (secondary N) is 1. The monoisotopic (exact) mass is 355 g/mol. The molecule has 0 bridgehead atoms. The van der Waals surface area contributed by atoms with Gasteiger partial charge in [0, 0.05) is 25.7 Å².